The van der Waals surface area contributed by atoms with Crippen LogP contribution in [-0.2, 0) is 11.8 Å². The van der Waals surface area contributed by atoms with E-state index >= 15 is 0 Å². The molecule has 0 amide bonds. The largest absolute Gasteiger partial charge is 0.0918 e. The molecule has 0 heterocycles. The van der Waals surface area contributed by atoms with Crippen LogP contribution in [0.5, 0.6) is 0 Å². The first-order valence-electron chi connectivity index (χ1n) is 6.12. The fourth-order valence-electron chi connectivity index (χ4n) is 2.17. The molecule has 0 aliphatic carbocycles. The minimum Gasteiger partial charge on any atom is -0.0918 e. The quantitative estimate of drug-likeness (QED) is 0.515. The highest BCUT2D eigenvalue weighted by molar-refractivity contribution is 9.10. The Morgan fingerprint density at radius 1 is 0.789 bits per heavy atom. The smallest absolute Gasteiger partial charge is 0.0187 e. The lowest BCUT2D eigenvalue weighted by molar-refractivity contribution is 0.551. The van der Waals surface area contributed by atoms with E-state index in [1.54, 1.807) is 0 Å². The molecule has 0 fully saturated rings. The highest BCUT2D eigenvalue weighted by Gasteiger charge is 2.30. The molecule has 0 aromatic heterocycles. The Morgan fingerprint density at radius 2 is 1.37 bits per heavy atom. The Balaban J connectivity index is 2.32. The van der Waals surface area contributed by atoms with Gasteiger partial charge in [0.1, 0.15) is 0 Å². The summed E-state index contributed by atoms with van der Waals surface area (Å²) in [5, 5.41) is 1.87. The molecule has 0 aliphatic rings. The lowest BCUT2D eigenvalue weighted by Gasteiger charge is -2.31. The lowest BCUT2D eigenvalue weighted by Crippen LogP contribution is -2.32. The van der Waals surface area contributed by atoms with Gasteiger partial charge in [0.15, 0.2) is 0 Å². The molecular formula is C16H15Br3. The molecule has 0 saturated carbocycles. The average molecular weight is 447 g/mol. The van der Waals surface area contributed by atoms with Crippen molar-refractivity contribution in [3.05, 3.63) is 70.2 Å². The van der Waals surface area contributed by atoms with Crippen molar-refractivity contribution in [2.75, 3.05) is 10.7 Å². The van der Waals surface area contributed by atoms with E-state index in [1.807, 2.05) is 0 Å². The molecule has 19 heavy (non-hydrogen) atoms. The van der Waals surface area contributed by atoms with E-state index in [-0.39, 0.29) is 5.41 Å². The van der Waals surface area contributed by atoms with Crippen molar-refractivity contribution >= 4 is 47.8 Å². The molecule has 2 rings (SSSR count). The van der Waals surface area contributed by atoms with Crippen LogP contribution in [0.4, 0.5) is 0 Å². The van der Waals surface area contributed by atoms with E-state index in [4.69, 9.17) is 0 Å². The van der Waals surface area contributed by atoms with Gasteiger partial charge >= 0.3 is 0 Å². The number of benzene rings is 2. The van der Waals surface area contributed by atoms with Gasteiger partial charge in [0.25, 0.3) is 0 Å². The SMILES string of the molecule is BrCC(CBr)(Cc1ccc(Br)cc1)c1ccccc1. The Bertz CT molecular complexity index is 501. The summed E-state index contributed by atoms with van der Waals surface area (Å²) in [5.41, 5.74) is 2.81. The summed E-state index contributed by atoms with van der Waals surface area (Å²) >= 11 is 10.9. The molecule has 3 heteroatoms. The Labute approximate surface area is 140 Å². The first kappa shape index (κ1) is 15.3. The molecule has 2 aromatic carbocycles. The molecular weight excluding hydrogens is 432 g/mol. The average Bonchev–Trinajstić information content (AvgIpc) is 2.48. The molecule has 0 nitrogen and oxygen atoms in total. The van der Waals surface area contributed by atoms with Gasteiger partial charge in [-0.05, 0) is 29.7 Å². The van der Waals surface area contributed by atoms with Gasteiger partial charge in [-0.15, -0.1) is 0 Å². The lowest BCUT2D eigenvalue weighted by atomic mass is 9.79. The zero-order valence-electron chi connectivity index (χ0n) is 10.5. The van der Waals surface area contributed by atoms with Gasteiger partial charge in [-0.25, -0.2) is 0 Å². The van der Waals surface area contributed by atoms with Crippen LogP contribution < -0.4 is 0 Å². The maximum absolute atomic E-state index is 3.70. The van der Waals surface area contributed by atoms with Gasteiger partial charge < -0.3 is 0 Å². The minimum absolute atomic E-state index is 0.0924. The number of rotatable bonds is 5. The van der Waals surface area contributed by atoms with E-state index in [0.717, 1.165) is 21.6 Å². The van der Waals surface area contributed by atoms with Crippen molar-refractivity contribution in [2.24, 2.45) is 0 Å². The molecule has 2 aromatic rings. The summed E-state index contributed by atoms with van der Waals surface area (Å²) in [6.45, 7) is 0. The van der Waals surface area contributed by atoms with Crippen molar-refractivity contribution in [2.45, 2.75) is 11.8 Å². The molecule has 0 aliphatic heterocycles. The number of halogens is 3. The third-order valence-electron chi connectivity index (χ3n) is 3.35. The van der Waals surface area contributed by atoms with Crippen molar-refractivity contribution < 1.29 is 0 Å². The predicted octanol–water partition coefficient (Wildman–Crippen LogP) is 5.72. The molecule has 0 N–H and O–H groups in total. The van der Waals surface area contributed by atoms with Crippen molar-refractivity contribution in [3.63, 3.8) is 0 Å². The van der Waals surface area contributed by atoms with Crippen LogP contribution in [0, 0.1) is 0 Å². The third kappa shape index (κ3) is 3.71. The fraction of sp³-hybridized carbons (Fsp3) is 0.250. The number of hydrogen-bond donors (Lipinski definition) is 0. The zero-order valence-corrected chi connectivity index (χ0v) is 15.2. The summed E-state index contributed by atoms with van der Waals surface area (Å²) in [4.78, 5) is 0. The van der Waals surface area contributed by atoms with Crippen LogP contribution in [-0.4, -0.2) is 10.7 Å². The van der Waals surface area contributed by atoms with Crippen molar-refractivity contribution in [1.29, 1.82) is 0 Å². The van der Waals surface area contributed by atoms with E-state index in [0.29, 0.717) is 0 Å². The van der Waals surface area contributed by atoms with E-state index in [2.05, 4.69) is 102 Å². The second-order valence-electron chi connectivity index (χ2n) is 4.72. The van der Waals surface area contributed by atoms with Crippen molar-refractivity contribution in [1.82, 2.24) is 0 Å². The second kappa shape index (κ2) is 7.05. The van der Waals surface area contributed by atoms with Crippen LogP contribution >= 0.6 is 47.8 Å². The van der Waals surface area contributed by atoms with Crippen LogP contribution in [0.25, 0.3) is 0 Å². The normalized spacial score (nSPS) is 11.5. The van der Waals surface area contributed by atoms with E-state index in [9.17, 15) is 0 Å². The van der Waals surface area contributed by atoms with Gasteiger partial charge in [-0.1, -0.05) is 90.3 Å². The van der Waals surface area contributed by atoms with Crippen molar-refractivity contribution in [3.8, 4) is 0 Å². The van der Waals surface area contributed by atoms with Gasteiger partial charge in [-0.3, -0.25) is 0 Å². The molecule has 0 unspecified atom stereocenters. The first-order chi connectivity index (χ1) is 9.20. The second-order valence-corrected chi connectivity index (χ2v) is 6.75. The molecule has 0 spiro atoms. The summed E-state index contributed by atoms with van der Waals surface area (Å²) in [6.07, 6.45) is 1.01. The standard InChI is InChI=1S/C16H15Br3/c17-11-16(12-18,14-4-2-1-3-5-14)10-13-6-8-15(19)9-7-13/h1-9H,10-12H2. The zero-order chi connectivity index (χ0) is 13.7. The fourth-order valence-corrected chi connectivity index (χ4v) is 4.41. The van der Waals surface area contributed by atoms with Gasteiger partial charge in [0.05, 0.1) is 0 Å². The van der Waals surface area contributed by atoms with Gasteiger partial charge in [0.2, 0.25) is 0 Å². The van der Waals surface area contributed by atoms with Crippen LogP contribution in [0.2, 0.25) is 0 Å². The number of hydrogen-bond acceptors (Lipinski definition) is 0. The summed E-state index contributed by atoms with van der Waals surface area (Å²) in [7, 11) is 0. The van der Waals surface area contributed by atoms with Gasteiger partial charge in [-0.2, -0.15) is 0 Å². The minimum atomic E-state index is 0.0924. The summed E-state index contributed by atoms with van der Waals surface area (Å²) in [6, 6.07) is 19.3. The monoisotopic (exact) mass is 444 g/mol. The highest BCUT2D eigenvalue weighted by Crippen LogP contribution is 2.33. The third-order valence-corrected chi connectivity index (χ3v) is 6.03. The Kier molecular flexibility index (Phi) is 5.67. The molecule has 0 atom stereocenters. The topological polar surface area (TPSA) is 0 Å². The summed E-state index contributed by atoms with van der Waals surface area (Å²) < 4.78 is 1.12. The predicted molar refractivity (Wildman–Crippen MR) is 93.6 cm³/mol. The maximum Gasteiger partial charge on any atom is 0.0187 e. The van der Waals surface area contributed by atoms with Crippen LogP contribution in [0.1, 0.15) is 11.1 Å². The Morgan fingerprint density at radius 3 is 1.89 bits per heavy atom. The summed E-state index contributed by atoms with van der Waals surface area (Å²) in [5.74, 6) is 0. The first-order valence-corrected chi connectivity index (χ1v) is 9.16. The molecule has 100 valence electrons. The van der Waals surface area contributed by atoms with Gasteiger partial charge in [0, 0.05) is 20.5 Å². The van der Waals surface area contributed by atoms with E-state index < -0.39 is 0 Å². The van der Waals surface area contributed by atoms with Crippen LogP contribution in [0.3, 0.4) is 0 Å². The Hall–Kier alpha value is -0.120. The molecule has 0 radical (unpaired) electrons. The maximum atomic E-state index is 3.70. The molecule has 0 bridgehead atoms. The molecule has 0 saturated heterocycles. The van der Waals surface area contributed by atoms with Crippen LogP contribution in [0.15, 0.2) is 59.1 Å². The number of alkyl halides is 2. The van der Waals surface area contributed by atoms with E-state index in [1.165, 1.54) is 11.1 Å². The highest BCUT2D eigenvalue weighted by atomic mass is 79.9.